The van der Waals surface area contributed by atoms with Gasteiger partial charge in [0.1, 0.15) is 15.4 Å². The lowest BCUT2D eigenvalue weighted by Gasteiger charge is -2.11. The largest absolute Gasteiger partial charge is 0.316 e. The number of thiophene rings is 1. The van der Waals surface area contributed by atoms with E-state index in [1.807, 2.05) is 6.07 Å². The van der Waals surface area contributed by atoms with Crippen LogP contribution in [0.5, 0.6) is 0 Å². The number of hydrogen-bond donors (Lipinski definition) is 1. The Morgan fingerprint density at radius 3 is 2.81 bits per heavy atom. The third-order valence-corrected chi connectivity index (χ3v) is 4.70. The number of carbonyl (C=O) groups excluding carboxylic acids is 1. The monoisotopic (exact) mass is 274 g/mol. The van der Waals surface area contributed by atoms with Crippen molar-refractivity contribution in [1.82, 2.24) is 0 Å². The molecule has 0 aliphatic heterocycles. The third kappa shape index (κ3) is 1.69. The van der Waals surface area contributed by atoms with Gasteiger partial charge in [-0.2, -0.15) is 5.26 Å². The lowest BCUT2D eigenvalue weighted by Crippen LogP contribution is -2.25. The molecule has 1 amide bonds. The van der Waals surface area contributed by atoms with Crippen molar-refractivity contribution >= 4 is 45.4 Å². The van der Waals surface area contributed by atoms with Crippen molar-refractivity contribution < 1.29 is 4.79 Å². The molecule has 2 rings (SSSR count). The van der Waals surface area contributed by atoms with E-state index in [-0.39, 0.29) is 5.91 Å². The summed E-state index contributed by atoms with van der Waals surface area (Å²) in [6, 6.07) is 3.66. The van der Waals surface area contributed by atoms with Crippen molar-refractivity contribution in [3.63, 3.8) is 0 Å². The van der Waals surface area contributed by atoms with Crippen LogP contribution in [0.15, 0.2) is 11.4 Å². The first-order valence-corrected chi connectivity index (χ1v) is 6.21. The van der Waals surface area contributed by atoms with Gasteiger partial charge in [0.15, 0.2) is 0 Å². The van der Waals surface area contributed by atoms with Crippen LogP contribution < -0.4 is 5.32 Å². The lowest BCUT2D eigenvalue weighted by atomic mass is 10.1. The van der Waals surface area contributed by atoms with E-state index in [2.05, 4.69) is 5.32 Å². The molecular formula is C10H8Cl2N2OS. The summed E-state index contributed by atoms with van der Waals surface area (Å²) in [4.78, 5) is 11.9. The molecule has 0 spiro atoms. The molecule has 0 saturated heterocycles. The van der Waals surface area contributed by atoms with Gasteiger partial charge in [-0.1, -0.05) is 0 Å². The van der Waals surface area contributed by atoms with Crippen molar-refractivity contribution in [2.45, 2.75) is 17.7 Å². The predicted octanol–water partition coefficient (Wildman–Crippen LogP) is 3.14. The topological polar surface area (TPSA) is 52.9 Å². The molecule has 84 valence electrons. The molecule has 16 heavy (non-hydrogen) atoms. The molecule has 6 heteroatoms. The summed E-state index contributed by atoms with van der Waals surface area (Å²) in [5.74, 6) is -0.239. The SMILES string of the molecule is C[C@@]1(C(=O)Nc2sccc2C#N)CC1(Cl)Cl. The highest BCUT2D eigenvalue weighted by Crippen LogP contribution is 2.64. The molecule has 1 aromatic rings. The smallest absolute Gasteiger partial charge is 0.234 e. The van der Waals surface area contributed by atoms with Gasteiger partial charge in [0, 0.05) is 0 Å². The van der Waals surface area contributed by atoms with Crippen LogP contribution in [-0.2, 0) is 4.79 Å². The van der Waals surface area contributed by atoms with Crippen LogP contribution in [-0.4, -0.2) is 10.2 Å². The molecule has 0 unspecified atom stereocenters. The molecule has 1 aliphatic rings. The fraction of sp³-hybridized carbons (Fsp3) is 0.400. The molecule has 1 saturated carbocycles. The van der Waals surface area contributed by atoms with Crippen LogP contribution in [0, 0.1) is 16.7 Å². The number of rotatable bonds is 2. The van der Waals surface area contributed by atoms with Gasteiger partial charge in [0.05, 0.1) is 11.0 Å². The molecule has 1 aromatic heterocycles. The summed E-state index contributed by atoms with van der Waals surface area (Å²) >= 11 is 13.1. The standard InChI is InChI=1S/C10H8Cl2N2OS/c1-9(5-10(9,11)12)8(15)14-7-6(4-13)2-3-16-7/h2-3H,5H2,1H3,(H,14,15)/t9-/m0/s1. The number of carbonyl (C=O) groups is 1. The van der Waals surface area contributed by atoms with Gasteiger partial charge in [-0.05, 0) is 24.8 Å². The average molecular weight is 275 g/mol. The predicted molar refractivity (Wildman–Crippen MR) is 64.8 cm³/mol. The number of amides is 1. The summed E-state index contributed by atoms with van der Waals surface area (Å²) in [6.07, 6.45) is 0.433. The minimum atomic E-state index is -0.985. The van der Waals surface area contributed by atoms with Crippen LogP contribution >= 0.6 is 34.5 Å². The second-order valence-electron chi connectivity index (χ2n) is 3.94. The zero-order valence-corrected chi connectivity index (χ0v) is 10.7. The molecule has 1 N–H and O–H groups in total. The van der Waals surface area contributed by atoms with Crippen molar-refractivity contribution in [2.75, 3.05) is 5.32 Å². The number of halogens is 2. The van der Waals surface area contributed by atoms with Crippen LogP contribution in [0.3, 0.4) is 0 Å². The first-order chi connectivity index (χ1) is 7.40. The van der Waals surface area contributed by atoms with E-state index in [9.17, 15) is 4.79 Å². The summed E-state index contributed by atoms with van der Waals surface area (Å²) < 4.78 is -0.985. The Morgan fingerprint density at radius 1 is 1.69 bits per heavy atom. The fourth-order valence-electron chi connectivity index (χ4n) is 1.38. The van der Waals surface area contributed by atoms with Crippen LogP contribution in [0.4, 0.5) is 5.00 Å². The molecule has 3 nitrogen and oxygen atoms in total. The minimum Gasteiger partial charge on any atom is -0.316 e. The van der Waals surface area contributed by atoms with Crippen molar-refractivity contribution in [1.29, 1.82) is 5.26 Å². The van der Waals surface area contributed by atoms with Crippen molar-refractivity contribution in [3.8, 4) is 6.07 Å². The summed E-state index contributed by atoms with van der Waals surface area (Å²) in [5.41, 5.74) is -0.301. The molecule has 1 aliphatic carbocycles. The molecule has 1 heterocycles. The van der Waals surface area contributed by atoms with Crippen LogP contribution in [0.25, 0.3) is 0 Å². The highest BCUT2D eigenvalue weighted by atomic mass is 35.5. The van der Waals surface area contributed by atoms with Crippen molar-refractivity contribution in [2.24, 2.45) is 5.41 Å². The van der Waals surface area contributed by atoms with Gasteiger partial charge >= 0.3 is 0 Å². The fourth-order valence-corrected chi connectivity index (χ4v) is 2.82. The lowest BCUT2D eigenvalue weighted by molar-refractivity contribution is -0.120. The second-order valence-corrected chi connectivity index (χ2v) is 6.34. The zero-order chi connectivity index (χ0) is 12.0. The van der Waals surface area contributed by atoms with Crippen LogP contribution in [0.2, 0.25) is 0 Å². The normalized spacial score (nSPS) is 25.9. The maximum absolute atomic E-state index is 11.9. The molecule has 0 aromatic carbocycles. The van der Waals surface area contributed by atoms with E-state index in [1.54, 1.807) is 18.4 Å². The number of hydrogen-bond acceptors (Lipinski definition) is 3. The van der Waals surface area contributed by atoms with Gasteiger partial charge in [-0.15, -0.1) is 34.5 Å². The van der Waals surface area contributed by atoms with E-state index in [4.69, 9.17) is 28.5 Å². The van der Waals surface area contributed by atoms with E-state index >= 15 is 0 Å². The molecule has 1 fully saturated rings. The molecular weight excluding hydrogens is 267 g/mol. The third-order valence-electron chi connectivity index (χ3n) is 2.77. The first-order valence-electron chi connectivity index (χ1n) is 4.57. The zero-order valence-electron chi connectivity index (χ0n) is 8.38. The molecule has 0 bridgehead atoms. The van der Waals surface area contributed by atoms with E-state index < -0.39 is 9.75 Å². The Morgan fingerprint density at radius 2 is 2.31 bits per heavy atom. The summed E-state index contributed by atoms with van der Waals surface area (Å²) in [5, 5.41) is 13.8. The first kappa shape index (κ1) is 11.7. The van der Waals surface area contributed by atoms with Gasteiger partial charge in [0.25, 0.3) is 0 Å². The van der Waals surface area contributed by atoms with E-state index in [1.165, 1.54) is 11.3 Å². The maximum Gasteiger partial charge on any atom is 0.234 e. The summed E-state index contributed by atoms with van der Waals surface area (Å²) in [7, 11) is 0. The highest BCUT2D eigenvalue weighted by Gasteiger charge is 2.67. The number of alkyl halides is 2. The van der Waals surface area contributed by atoms with Gasteiger partial charge in [-0.25, -0.2) is 0 Å². The van der Waals surface area contributed by atoms with Gasteiger partial charge in [-0.3, -0.25) is 4.79 Å². The van der Waals surface area contributed by atoms with Gasteiger partial charge < -0.3 is 5.32 Å². The number of nitriles is 1. The second kappa shape index (κ2) is 3.63. The Hall–Kier alpha value is -0.760. The van der Waals surface area contributed by atoms with E-state index in [0.29, 0.717) is 17.0 Å². The maximum atomic E-state index is 11.9. The Balaban J connectivity index is 2.13. The Bertz CT molecular complexity index is 491. The Labute approximate surface area is 107 Å². The molecule has 0 radical (unpaired) electrons. The minimum absolute atomic E-state index is 0.239. The Kier molecular flexibility index (Phi) is 2.66. The quantitative estimate of drug-likeness (QED) is 0.843. The van der Waals surface area contributed by atoms with E-state index in [0.717, 1.165) is 0 Å². The molecule has 1 atom stereocenters. The number of anilines is 1. The summed E-state index contributed by atoms with van der Waals surface area (Å²) in [6.45, 7) is 1.71. The van der Waals surface area contributed by atoms with Crippen molar-refractivity contribution in [3.05, 3.63) is 17.0 Å². The number of nitrogens with one attached hydrogen (secondary N) is 1. The average Bonchev–Trinajstić information content (AvgIpc) is 2.62. The van der Waals surface area contributed by atoms with Crippen LogP contribution in [0.1, 0.15) is 18.9 Å². The highest BCUT2D eigenvalue weighted by molar-refractivity contribution is 7.14. The van der Waals surface area contributed by atoms with Gasteiger partial charge in [0.2, 0.25) is 5.91 Å². The number of nitrogens with zero attached hydrogens (tertiary/aromatic N) is 1.